The Balaban J connectivity index is 1.48. The van der Waals surface area contributed by atoms with Crippen molar-refractivity contribution >= 4 is 17.1 Å². The number of piperidine rings is 2. The number of benzene rings is 2. The molecule has 0 amide bonds. The van der Waals surface area contributed by atoms with E-state index in [-0.39, 0.29) is 5.82 Å². The van der Waals surface area contributed by atoms with Crippen LogP contribution in [0, 0.1) is 5.82 Å². The second-order valence-electron chi connectivity index (χ2n) is 8.05. The van der Waals surface area contributed by atoms with Crippen molar-refractivity contribution in [3.63, 3.8) is 0 Å². The van der Waals surface area contributed by atoms with E-state index in [9.17, 15) is 4.39 Å². The molecule has 0 spiro atoms. The Morgan fingerprint density at radius 1 is 0.929 bits per heavy atom. The molecule has 4 nitrogen and oxygen atoms in total. The van der Waals surface area contributed by atoms with Crippen LogP contribution >= 0.6 is 0 Å². The van der Waals surface area contributed by atoms with Crippen LogP contribution in [0.15, 0.2) is 42.5 Å². The molecule has 2 aliphatic heterocycles. The van der Waals surface area contributed by atoms with E-state index in [1.54, 1.807) is 12.1 Å². The molecule has 5 heteroatoms. The van der Waals surface area contributed by atoms with Crippen LogP contribution in [0.5, 0.6) is 0 Å². The van der Waals surface area contributed by atoms with Gasteiger partial charge < -0.3 is 20.9 Å². The van der Waals surface area contributed by atoms with Crippen molar-refractivity contribution < 1.29 is 4.39 Å². The largest absolute Gasteiger partial charge is 0.380 e. The molecule has 0 unspecified atom stereocenters. The molecule has 2 aliphatic rings. The molecule has 1 atom stereocenters. The lowest BCUT2D eigenvalue weighted by atomic mass is 10.0. The average Bonchev–Trinajstić information content (AvgIpc) is 2.74. The summed E-state index contributed by atoms with van der Waals surface area (Å²) in [6.07, 6.45) is 6.08. The van der Waals surface area contributed by atoms with E-state index in [2.05, 4.69) is 33.3 Å². The van der Waals surface area contributed by atoms with Gasteiger partial charge in [0, 0.05) is 55.8 Å². The number of nitrogens with zero attached hydrogens (tertiary/aromatic N) is 2. The van der Waals surface area contributed by atoms with Crippen molar-refractivity contribution in [2.45, 2.75) is 44.7 Å². The molecule has 0 aromatic heterocycles. The summed E-state index contributed by atoms with van der Waals surface area (Å²) in [5.41, 5.74) is 10.5. The number of halogens is 1. The van der Waals surface area contributed by atoms with E-state index in [0.717, 1.165) is 50.4 Å². The molecule has 0 aliphatic carbocycles. The molecule has 2 aromatic carbocycles. The lowest BCUT2D eigenvalue weighted by Crippen LogP contribution is -2.42. The predicted molar refractivity (Wildman–Crippen MR) is 116 cm³/mol. The van der Waals surface area contributed by atoms with Gasteiger partial charge in [-0.15, -0.1) is 0 Å². The minimum absolute atomic E-state index is 0.172. The Labute approximate surface area is 167 Å². The first kappa shape index (κ1) is 19.1. The first-order chi connectivity index (χ1) is 13.7. The maximum atomic E-state index is 13.6. The number of nitrogens with two attached hydrogens (primary N) is 1. The van der Waals surface area contributed by atoms with E-state index >= 15 is 0 Å². The van der Waals surface area contributed by atoms with Crippen molar-refractivity contribution in [1.82, 2.24) is 0 Å². The second kappa shape index (κ2) is 8.82. The zero-order valence-corrected chi connectivity index (χ0v) is 16.5. The highest BCUT2D eigenvalue weighted by Gasteiger charge is 2.21. The highest BCUT2D eigenvalue weighted by Crippen LogP contribution is 2.28. The second-order valence-corrected chi connectivity index (χ2v) is 8.05. The van der Waals surface area contributed by atoms with Crippen molar-refractivity contribution in [2.75, 3.05) is 41.3 Å². The van der Waals surface area contributed by atoms with Gasteiger partial charge in [0.15, 0.2) is 0 Å². The Morgan fingerprint density at radius 2 is 1.75 bits per heavy atom. The monoisotopic (exact) mass is 382 g/mol. The fourth-order valence-corrected chi connectivity index (χ4v) is 4.45. The molecule has 4 rings (SSSR count). The third-order valence-electron chi connectivity index (χ3n) is 5.90. The summed E-state index contributed by atoms with van der Waals surface area (Å²) in [5.74, 6) is -0.172. The van der Waals surface area contributed by atoms with Gasteiger partial charge in [0.1, 0.15) is 5.82 Å². The van der Waals surface area contributed by atoms with Gasteiger partial charge in [-0.1, -0.05) is 6.07 Å². The summed E-state index contributed by atoms with van der Waals surface area (Å²) in [7, 11) is 0. The first-order valence-corrected chi connectivity index (χ1v) is 10.6. The zero-order chi connectivity index (χ0) is 19.3. The van der Waals surface area contributed by atoms with Crippen molar-refractivity contribution in [1.29, 1.82) is 0 Å². The molecule has 2 aromatic rings. The Morgan fingerprint density at radius 3 is 2.54 bits per heavy atom. The topological polar surface area (TPSA) is 44.5 Å². The molecule has 28 heavy (non-hydrogen) atoms. The van der Waals surface area contributed by atoms with Gasteiger partial charge >= 0.3 is 0 Å². The standard InChI is InChI=1S/C23H31FN4/c24-19-6-4-8-22(14-19)28-11-5-7-20(17-28)26-21-12-18(16-25)13-23(15-21)27-9-2-1-3-10-27/h4,6,8,12-15,20,26H,1-3,5,7,9-11,16-17,25H2/t20-/m1/s1. The summed E-state index contributed by atoms with van der Waals surface area (Å²) < 4.78 is 13.6. The van der Waals surface area contributed by atoms with Gasteiger partial charge in [0.05, 0.1) is 0 Å². The van der Waals surface area contributed by atoms with Crippen LogP contribution in [-0.2, 0) is 6.54 Å². The molecular weight excluding hydrogens is 351 g/mol. The summed E-state index contributed by atoms with van der Waals surface area (Å²) in [6.45, 7) is 4.67. The maximum absolute atomic E-state index is 13.6. The highest BCUT2D eigenvalue weighted by molar-refractivity contribution is 5.61. The molecular formula is C23H31FN4. The first-order valence-electron chi connectivity index (χ1n) is 10.6. The van der Waals surface area contributed by atoms with E-state index in [0.29, 0.717) is 12.6 Å². The Bertz CT molecular complexity index is 788. The molecule has 0 bridgehead atoms. The summed E-state index contributed by atoms with van der Waals surface area (Å²) >= 11 is 0. The van der Waals surface area contributed by atoms with Crippen molar-refractivity contribution in [2.24, 2.45) is 5.73 Å². The smallest absolute Gasteiger partial charge is 0.125 e. The highest BCUT2D eigenvalue weighted by atomic mass is 19.1. The number of hydrogen-bond acceptors (Lipinski definition) is 4. The van der Waals surface area contributed by atoms with Crippen LogP contribution in [0.4, 0.5) is 21.5 Å². The van der Waals surface area contributed by atoms with Gasteiger partial charge in [-0.05, 0) is 74.1 Å². The summed E-state index contributed by atoms with van der Waals surface area (Å²) in [6, 6.07) is 13.9. The minimum atomic E-state index is -0.172. The number of anilines is 3. The predicted octanol–water partition coefficient (Wildman–Crippen LogP) is 4.36. The normalized spacial score (nSPS) is 20.3. The maximum Gasteiger partial charge on any atom is 0.125 e. The van der Waals surface area contributed by atoms with Crippen LogP contribution in [-0.4, -0.2) is 32.2 Å². The fraction of sp³-hybridized carbons (Fsp3) is 0.478. The van der Waals surface area contributed by atoms with E-state index in [1.807, 2.05) is 6.07 Å². The molecule has 2 fully saturated rings. The van der Waals surface area contributed by atoms with Crippen LogP contribution in [0.2, 0.25) is 0 Å². The van der Waals surface area contributed by atoms with Gasteiger partial charge in [-0.25, -0.2) is 4.39 Å². The average molecular weight is 383 g/mol. The summed E-state index contributed by atoms with van der Waals surface area (Å²) in [5, 5.41) is 3.73. The molecule has 3 N–H and O–H groups in total. The van der Waals surface area contributed by atoms with Crippen LogP contribution in [0.3, 0.4) is 0 Å². The lowest BCUT2D eigenvalue weighted by Gasteiger charge is -2.36. The minimum Gasteiger partial charge on any atom is -0.380 e. The van der Waals surface area contributed by atoms with Gasteiger partial charge in [-0.3, -0.25) is 0 Å². The van der Waals surface area contributed by atoms with Crippen molar-refractivity contribution in [3.05, 3.63) is 53.8 Å². The van der Waals surface area contributed by atoms with Crippen LogP contribution in [0.1, 0.15) is 37.7 Å². The van der Waals surface area contributed by atoms with Gasteiger partial charge in [-0.2, -0.15) is 0 Å². The van der Waals surface area contributed by atoms with E-state index in [4.69, 9.17) is 5.73 Å². The molecule has 150 valence electrons. The Kier molecular flexibility index (Phi) is 6.01. The van der Waals surface area contributed by atoms with Gasteiger partial charge in [0.2, 0.25) is 0 Å². The lowest BCUT2D eigenvalue weighted by molar-refractivity contribution is 0.528. The fourth-order valence-electron chi connectivity index (χ4n) is 4.45. The van der Waals surface area contributed by atoms with E-state index < -0.39 is 0 Å². The molecule has 2 saturated heterocycles. The quantitative estimate of drug-likeness (QED) is 0.807. The van der Waals surface area contributed by atoms with Crippen LogP contribution in [0.25, 0.3) is 0 Å². The zero-order valence-electron chi connectivity index (χ0n) is 16.5. The SMILES string of the molecule is NCc1cc(N[C@@H]2CCCN(c3cccc(F)c3)C2)cc(N2CCCCC2)c1. The Hall–Kier alpha value is -2.27. The number of hydrogen-bond donors (Lipinski definition) is 2. The third-order valence-corrected chi connectivity index (χ3v) is 5.90. The molecule has 0 saturated carbocycles. The number of nitrogens with one attached hydrogen (secondary N) is 1. The molecule has 0 radical (unpaired) electrons. The van der Waals surface area contributed by atoms with Crippen LogP contribution < -0.4 is 20.9 Å². The summed E-state index contributed by atoms with van der Waals surface area (Å²) in [4.78, 5) is 4.76. The van der Waals surface area contributed by atoms with E-state index in [1.165, 1.54) is 36.6 Å². The number of rotatable bonds is 5. The molecule has 2 heterocycles. The van der Waals surface area contributed by atoms with Gasteiger partial charge in [0.25, 0.3) is 0 Å². The van der Waals surface area contributed by atoms with Crippen molar-refractivity contribution in [3.8, 4) is 0 Å². The third kappa shape index (κ3) is 4.58.